The Kier molecular flexibility index (Phi) is 8.79. The van der Waals surface area contributed by atoms with Gasteiger partial charge in [-0.25, -0.2) is 0 Å². The van der Waals surface area contributed by atoms with Gasteiger partial charge in [-0.2, -0.15) is 5.26 Å². The van der Waals surface area contributed by atoms with Crippen molar-refractivity contribution < 1.29 is 14.3 Å². The number of nitriles is 1. The zero-order valence-corrected chi connectivity index (χ0v) is 17.3. The van der Waals surface area contributed by atoms with Crippen LogP contribution in [0.5, 0.6) is 5.75 Å². The monoisotopic (exact) mass is 463 g/mol. The Hall–Kier alpha value is -2.56. The molecular formula is C20H19BrClN3O3. The van der Waals surface area contributed by atoms with Crippen molar-refractivity contribution in [1.82, 2.24) is 5.32 Å². The summed E-state index contributed by atoms with van der Waals surface area (Å²) in [5.74, 6) is 0.0671. The number of nitrogens with one attached hydrogen (secondary N) is 2. The van der Waals surface area contributed by atoms with Crippen LogP contribution in [0.25, 0.3) is 0 Å². The van der Waals surface area contributed by atoms with Crippen molar-refractivity contribution in [3.05, 3.63) is 57.5 Å². The summed E-state index contributed by atoms with van der Waals surface area (Å²) in [7, 11) is 0. The highest BCUT2D eigenvalue weighted by Gasteiger charge is 2.09. The minimum atomic E-state index is -0.354. The molecule has 0 aliphatic carbocycles. The van der Waals surface area contributed by atoms with Crippen LogP contribution in [0.15, 0.2) is 46.9 Å². The van der Waals surface area contributed by atoms with Crippen LogP contribution in [0.1, 0.15) is 24.8 Å². The number of benzene rings is 2. The Balaban J connectivity index is 1.79. The normalized spacial score (nSPS) is 10.0. The van der Waals surface area contributed by atoms with Gasteiger partial charge in [-0.3, -0.25) is 9.59 Å². The molecule has 2 aromatic carbocycles. The van der Waals surface area contributed by atoms with Gasteiger partial charge in [-0.15, -0.1) is 0 Å². The van der Waals surface area contributed by atoms with Gasteiger partial charge in [0.25, 0.3) is 0 Å². The van der Waals surface area contributed by atoms with Crippen LogP contribution in [-0.2, 0) is 16.1 Å². The lowest BCUT2D eigenvalue weighted by atomic mass is 10.1. The molecule has 0 saturated carbocycles. The number of carbonyl (C=O) groups excluding carboxylic acids is 2. The van der Waals surface area contributed by atoms with E-state index in [1.807, 2.05) is 12.1 Å². The average Bonchev–Trinajstić information content (AvgIpc) is 2.66. The fourth-order valence-corrected chi connectivity index (χ4v) is 3.07. The van der Waals surface area contributed by atoms with Gasteiger partial charge < -0.3 is 15.4 Å². The van der Waals surface area contributed by atoms with E-state index < -0.39 is 0 Å². The first-order valence-electron chi connectivity index (χ1n) is 8.59. The maximum Gasteiger partial charge on any atom is 0.234 e. The number of hydrogen-bond acceptors (Lipinski definition) is 4. The predicted molar refractivity (Wildman–Crippen MR) is 111 cm³/mol. The van der Waals surface area contributed by atoms with Crippen molar-refractivity contribution >= 4 is 45.0 Å². The van der Waals surface area contributed by atoms with E-state index in [0.29, 0.717) is 29.5 Å². The molecule has 0 aliphatic rings. The molecule has 0 atom stereocenters. The predicted octanol–water partition coefficient (Wildman–Crippen LogP) is 4.43. The van der Waals surface area contributed by atoms with Gasteiger partial charge in [-0.05, 0) is 36.2 Å². The maximum atomic E-state index is 12.2. The SMILES string of the molecule is N#CCC(=O)NCc1ccccc1NC(=O)CCCOc1ccc(Br)cc1Cl. The second-order valence-electron chi connectivity index (χ2n) is 5.84. The van der Waals surface area contributed by atoms with Crippen molar-refractivity contribution in [3.8, 4) is 11.8 Å². The fourth-order valence-electron chi connectivity index (χ4n) is 2.34. The number of carbonyl (C=O) groups is 2. The first-order chi connectivity index (χ1) is 13.5. The van der Waals surface area contributed by atoms with Gasteiger partial charge in [-0.1, -0.05) is 45.7 Å². The Morgan fingerprint density at radius 2 is 1.96 bits per heavy atom. The molecule has 6 nitrogen and oxygen atoms in total. The highest BCUT2D eigenvalue weighted by Crippen LogP contribution is 2.27. The molecule has 0 bridgehead atoms. The lowest BCUT2D eigenvalue weighted by Crippen LogP contribution is -2.23. The summed E-state index contributed by atoms with van der Waals surface area (Å²) in [4.78, 5) is 23.6. The molecule has 0 fully saturated rings. The van der Waals surface area contributed by atoms with Crippen LogP contribution < -0.4 is 15.4 Å². The summed E-state index contributed by atoms with van der Waals surface area (Å²) >= 11 is 9.42. The van der Waals surface area contributed by atoms with Gasteiger partial charge in [0.05, 0.1) is 17.7 Å². The minimum absolute atomic E-state index is 0.152. The zero-order chi connectivity index (χ0) is 20.4. The quantitative estimate of drug-likeness (QED) is 0.537. The summed E-state index contributed by atoms with van der Waals surface area (Å²) in [5, 5.41) is 14.5. The van der Waals surface area contributed by atoms with E-state index in [9.17, 15) is 9.59 Å². The molecule has 8 heteroatoms. The molecule has 0 aliphatic heterocycles. The summed E-state index contributed by atoms with van der Waals surface area (Å²) in [5.41, 5.74) is 1.39. The highest BCUT2D eigenvalue weighted by atomic mass is 79.9. The first-order valence-corrected chi connectivity index (χ1v) is 9.76. The molecule has 0 unspecified atom stereocenters. The lowest BCUT2D eigenvalue weighted by molar-refractivity contribution is -0.120. The second-order valence-corrected chi connectivity index (χ2v) is 7.17. The van der Waals surface area contributed by atoms with Gasteiger partial charge >= 0.3 is 0 Å². The lowest BCUT2D eigenvalue weighted by Gasteiger charge is -2.12. The van der Waals surface area contributed by atoms with Crippen LogP contribution in [-0.4, -0.2) is 18.4 Å². The Morgan fingerprint density at radius 1 is 1.18 bits per heavy atom. The summed E-state index contributed by atoms with van der Waals surface area (Å²) in [6.07, 6.45) is 0.611. The molecule has 0 spiro atoms. The largest absolute Gasteiger partial charge is 0.492 e. The fraction of sp³-hybridized carbons (Fsp3) is 0.250. The molecule has 2 aromatic rings. The molecule has 2 N–H and O–H groups in total. The number of nitrogens with zero attached hydrogens (tertiary/aromatic N) is 1. The first kappa shape index (κ1) is 21.7. The van der Waals surface area contributed by atoms with Crippen molar-refractivity contribution in [1.29, 1.82) is 5.26 Å². The van der Waals surface area contributed by atoms with E-state index in [4.69, 9.17) is 21.6 Å². The average molecular weight is 465 g/mol. The Morgan fingerprint density at radius 3 is 2.71 bits per heavy atom. The van der Waals surface area contributed by atoms with Crippen LogP contribution in [0.2, 0.25) is 5.02 Å². The van der Waals surface area contributed by atoms with Gasteiger partial charge in [0.15, 0.2) is 0 Å². The summed E-state index contributed by atoms with van der Waals surface area (Å²) in [6, 6.07) is 14.3. The van der Waals surface area contributed by atoms with E-state index in [-0.39, 0.29) is 31.2 Å². The summed E-state index contributed by atoms with van der Waals surface area (Å²) in [6.45, 7) is 0.600. The van der Waals surface area contributed by atoms with Crippen molar-refractivity contribution in [2.24, 2.45) is 0 Å². The molecule has 28 heavy (non-hydrogen) atoms. The van der Waals surface area contributed by atoms with Gasteiger partial charge in [0.1, 0.15) is 12.2 Å². The van der Waals surface area contributed by atoms with Crippen LogP contribution in [0.4, 0.5) is 5.69 Å². The van der Waals surface area contributed by atoms with Gasteiger partial charge in [0.2, 0.25) is 11.8 Å². The molecule has 2 rings (SSSR count). The van der Waals surface area contributed by atoms with E-state index in [1.165, 1.54) is 0 Å². The highest BCUT2D eigenvalue weighted by molar-refractivity contribution is 9.10. The number of para-hydroxylation sites is 1. The number of halogens is 2. The van der Waals surface area contributed by atoms with Crippen LogP contribution in [0.3, 0.4) is 0 Å². The van der Waals surface area contributed by atoms with E-state index in [1.54, 1.807) is 36.4 Å². The number of hydrogen-bond donors (Lipinski definition) is 2. The van der Waals surface area contributed by atoms with E-state index >= 15 is 0 Å². The number of amides is 2. The molecule has 0 radical (unpaired) electrons. The van der Waals surface area contributed by atoms with Crippen LogP contribution >= 0.6 is 27.5 Å². The van der Waals surface area contributed by atoms with E-state index in [0.717, 1.165) is 10.0 Å². The van der Waals surface area contributed by atoms with Gasteiger partial charge in [0, 0.05) is 23.1 Å². The Labute approximate surface area is 177 Å². The second kappa shape index (κ2) is 11.3. The van der Waals surface area contributed by atoms with Crippen LogP contribution in [0, 0.1) is 11.3 Å². The molecule has 2 amide bonds. The summed E-state index contributed by atoms with van der Waals surface area (Å²) < 4.78 is 6.46. The number of anilines is 1. The topological polar surface area (TPSA) is 91.2 Å². The third kappa shape index (κ3) is 7.22. The third-order valence-corrected chi connectivity index (χ3v) is 4.50. The number of rotatable bonds is 9. The van der Waals surface area contributed by atoms with Crippen molar-refractivity contribution in [2.45, 2.75) is 25.8 Å². The maximum absolute atomic E-state index is 12.2. The number of ether oxygens (including phenoxy) is 1. The zero-order valence-electron chi connectivity index (χ0n) is 15.0. The molecular weight excluding hydrogens is 446 g/mol. The molecule has 0 heterocycles. The van der Waals surface area contributed by atoms with Crippen molar-refractivity contribution in [2.75, 3.05) is 11.9 Å². The van der Waals surface area contributed by atoms with Crippen molar-refractivity contribution in [3.63, 3.8) is 0 Å². The molecule has 0 aromatic heterocycles. The molecule has 0 saturated heterocycles. The smallest absolute Gasteiger partial charge is 0.234 e. The standard InChI is InChI=1S/C20H19BrClN3O3/c21-15-7-8-18(16(22)12-15)28-11-3-6-20(27)25-17-5-2-1-4-14(17)13-24-19(26)9-10-23/h1-2,4-5,7-8,12H,3,6,9,11,13H2,(H,24,26)(H,25,27). The molecule has 146 valence electrons. The minimum Gasteiger partial charge on any atom is -0.492 e. The van der Waals surface area contributed by atoms with E-state index in [2.05, 4.69) is 26.6 Å². The third-order valence-electron chi connectivity index (χ3n) is 3.71. The Bertz CT molecular complexity index is 883.